The van der Waals surface area contributed by atoms with E-state index in [0.717, 1.165) is 6.07 Å². The number of carbonyl (C=O) groups is 1. The lowest BCUT2D eigenvalue weighted by atomic mass is 10.1. The second-order valence-corrected chi connectivity index (χ2v) is 6.78. The summed E-state index contributed by atoms with van der Waals surface area (Å²) < 4.78 is 39.7. The molecule has 1 aliphatic heterocycles. The molecule has 0 atom stereocenters. The molecule has 1 aromatic carbocycles. The van der Waals surface area contributed by atoms with Crippen molar-refractivity contribution in [2.45, 2.75) is 19.5 Å². The van der Waals surface area contributed by atoms with Crippen molar-refractivity contribution in [3.05, 3.63) is 39.0 Å². The molecular formula is C16H18Cl2F3N5O3. The minimum atomic E-state index is -5.19. The zero-order valence-electron chi connectivity index (χ0n) is 15.2. The molecule has 13 heteroatoms. The smallest absolute Gasteiger partial charge is 0.486 e. The highest BCUT2D eigenvalue weighted by atomic mass is 35.5. The Kier molecular flexibility index (Phi) is 6.68. The third kappa shape index (κ3) is 4.13. The molecule has 2 aromatic rings. The summed E-state index contributed by atoms with van der Waals surface area (Å²) in [5.41, 5.74) is -3.63. The summed E-state index contributed by atoms with van der Waals surface area (Å²) >= 11 is 6.20. The first-order valence-corrected chi connectivity index (χ1v) is 8.81. The second kappa shape index (κ2) is 8.34. The average molecular weight is 456 g/mol. The van der Waals surface area contributed by atoms with Gasteiger partial charge in [0.2, 0.25) is 5.78 Å². The molecule has 0 radical (unpaired) electrons. The van der Waals surface area contributed by atoms with Gasteiger partial charge in [0.15, 0.2) is 0 Å². The summed E-state index contributed by atoms with van der Waals surface area (Å²) in [6.45, 7) is 3.28. The van der Waals surface area contributed by atoms with E-state index in [-0.39, 0.29) is 34.1 Å². The van der Waals surface area contributed by atoms with Crippen LogP contribution in [0, 0.1) is 10.4 Å². The number of piperazine rings is 1. The molecule has 2 heterocycles. The van der Waals surface area contributed by atoms with Gasteiger partial charge >= 0.3 is 17.6 Å². The number of carbonyl (C=O) groups excluding carboxylic acids is 1. The van der Waals surface area contributed by atoms with Crippen molar-refractivity contribution in [2.75, 3.05) is 31.1 Å². The Balaban J connectivity index is 0.00000300. The molecule has 1 saturated heterocycles. The van der Waals surface area contributed by atoms with E-state index in [4.69, 9.17) is 17.4 Å². The Morgan fingerprint density at radius 2 is 1.72 bits per heavy atom. The van der Waals surface area contributed by atoms with Crippen LogP contribution in [-0.2, 0) is 6.18 Å². The number of hydrogen-bond donors (Lipinski definition) is 1. The van der Waals surface area contributed by atoms with Crippen LogP contribution >= 0.6 is 24.0 Å². The number of anilines is 1. The topological polar surface area (TPSA) is 103 Å². The third-order valence-corrected chi connectivity index (χ3v) is 4.92. The maximum Gasteiger partial charge on any atom is 0.486 e. The number of hydrazine groups is 1. The van der Waals surface area contributed by atoms with Crippen molar-refractivity contribution in [3.8, 4) is 0 Å². The molecule has 2 N–H and O–H groups in total. The van der Waals surface area contributed by atoms with Gasteiger partial charge in [-0.1, -0.05) is 18.5 Å². The number of alkyl halides is 3. The Morgan fingerprint density at radius 1 is 1.17 bits per heavy atom. The van der Waals surface area contributed by atoms with E-state index in [1.54, 1.807) is 9.91 Å². The van der Waals surface area contributed by atoms with Gasteiger partial charge in [0, 0.05) is 44.7 Å². The van der Waals surface area contributed by atoms with E-state index in [1.807, 2.05) is 0 Å². The number of nitrogens with zero attached hydrogens (tertiary/aromatic N) is 4. The van der Waals surface area contributed by atoms with Crippen molar-refractivity contribution < 1.29 is 27.4 Å². The maximum atomic E-state index is 13.4. The standard InChI is InChI=1S/C16H17ClF3N5O3.ClH/c1-2-13(26)14-15(16(18,19)20)25(28)11-7-9(17)10(8-12(11)24(14)27)22-3-5-23(21)6-4-22;/h7-8H,2-6,21H2,1H3;1H. The summed E-state index contributed by atoms with van der Waals surface area (Å²) in [7, 11) is 0. The zero-order valence-corrected chi connectivity index (χ0v) is 16.8. The van der Waals surface area contributed by atoms with Gasteiger partial charge in [0.1, 0.15) is 0 Å². The maximum absolute atomic E-state index is 13.4. The fourth-order valence-electron chi connectivity index (χ4n) is 3.17. The molecule has 1 aromatic heterocycles. The molecule has 160 valence electrons. The Labute approximate surface area is 174 Å². The average Bonchev–Trinajstić information content (AvgIpc) is 2.63. The van der Waals surface area contributed by atoms with Crippen molar-refractivity contribution in [3.63, 3.8) is 0 Å². The number of fused-ring (bicyclic) bond motifs is 1. The highest BCUT2D eigenvalue weighted by Gasteiger charge is 2.51. The van der Waals surface area contributed by atoms with Gasteiger partial charge in [-0.05, 0) is 0 Å². The van der Waals surface area contributed by atoms with Gasteiger partial charge in [-0.25, -0.2) is 5.01 Å². The van der Waals surface area contributed by atoms with Gasteiger partial charge in [-0.15, -0.1) is 17.1 Å². The summed E-state index contributed by atoms with van der Waals surface area (Å²) in [5, 5.41) is 26.8. The number of benzene rings is 1. The van der Waals surface area contributed by atoms with E-state index in [9.17, 15) is 28.4 Å². The van der Waals surface area contributed by atoms with Crippen LogP contribution in [0.2, 0.25) is 5.02 Å². The van der Waals surface area contributed by atoms with Crippen LogP contribution in [-0.4, -0.2) is 37.0 Å². The van der Waals surface area contributed by atoms with Gasteiger partial charge in [0.25, 0.3) is 11.0 Å². The van der Waals surface area contributed by atoms with Crippen LogP contribution in [0.25, 0.3) is 11.0 Å². The molecular weight excluding hydrogens is 438 g/mol. The fraction of sp³-hybridized carbons (Fsp3) is 0.438. The predicted octanol–water partition coefficient (Wildman–Crippen LogP) is 1.79. The molecule has 0 unspecified atom stereocenters. The lowest BCUT2D eigenvalue weighted by Gasteiger charge is -2.34. The van der Waals surface area contributed by atoms with Gasteiger partial charge < -0.3 is 15.3 Å². The van der Waals surface area contributed by atoms with Gasteiger partial charge in [-0.2, -0.15) is 17.9 Å². The van der Waals surface area contributed by atoms with Gasteiger partial charge in [0.05, 0.1) is 10.7 Å². The second-order valence-electron chi connectivity index (χ2n) is 6.38. The number of rotatable bonds is 3. The van der Waals surface area contributed by atoms with E-state index in [1.165, 1.54) is 13.0 Å². The van der Waals surface area contributed by atoms with Crippen LogP contribution < -0.4 is 20.2 Å². The summed E-state index contributed by atoms with van der Waals surface area (Å²) in [6, 6.07) is 2.25. The number of aromatic nitrogens is 2. The minimum Gasteiger partial charge on any atom is -0.618 e. The molecule has 8 nitrogen and oxygen atoms in total. The lowest BCUT2D eigenvalue weighted by Crippen LogP contribution is -2.51. The first kappa shape index (κ1) is 23.2. The normalized spacial score (nSPS) is 15.4. The summed E-state index contributed by atoms with van der Waals surface area (Å²) in [6.07, 6.45) is -5.55. The molecule has 0 bridgehead atoms. The predicted molar refractivity (Wildman–Crippen MR) is 102 cm³/mol. The van der Waals surface area contributed by atoms with Crippen LogP contribution in [0.15, 0.2) is 12.1 Å². The first-order valence-electron chi connectivity index (χ1n) is 8.43. The van der Waals surface area contributed by atoms with Crippen molar-refractivity contribution >= 4 is 46.5 Å². The Bertz CT molecular complexity index is 950. The SMILES string of the molecule is CCC(=O)c1c(C(F)(F)F)[n+]([O-])c2cc(Cl)c(N3CCN(N)CC3)cc2[n+]1[O-].Cl. The number of hydrogen-bond acceptors (Lipinski definition) is 6. The molecule has 1 aliphatic rings. The van der Waals surface area contributed by atoms with E-state index in [2.05, 4.69) is 0 Å². The number of nitrogens with two attached hydrogens (primary N) is 1. The van der Waals surface area contributed by atoms with Crippen molar-refractivity contribution in [2.24, 2.45) is 5.84 Å². The highest BCUT2D eigenvalue weighted by Crippen LogP contribution is 2.33. The van der Waals surface area contributed by atoms with Crippen LogP contribution in [0.1, 0.15) is 29.5 Å². The Morgan fingerprint density at radius 3 is 2.24 bits per heavy atom. The monoisotopic (exact) mass is 455 g/mol. The summed E-state index contributed by atoms with van der Waals surface area (Å²) in [5.74, 6) is 4.62. The zero-order chi connectivity index (χ0) is 20.8. The van der Waals surface area contributed by atoms with E-state index < -0.39 is 33.6 Å². The fourth-order valence-corrected chi connectivity index (χ4v) is 3.44. The molecule has 1 fully saturated rings. The third-order valence-electron chi connectivity index (χ3n) is 4.62. The quantitative estimate of drug-likeness (QED) is 0.327. The van der Waals surface area contributed by atoms with Gasteiger partial charge in [-0.3, -0.25) is 10.6 Å². The number of Topliss-reactive ketones (excluding diaryl/α,β-unsaturated/α-hetero) is 1. The molecule has 0 amide bonds. The highest BCUT2D eigenvalue weighted by molar-refractivity contribution is 6.34. The first-order chi connectivity index (χ1) is 13.1. The largest absolute Gasteiger partial charge is 0.618 e. The Hall–Kier alpha value is -2.08. The van der Waals surface area contributed by atoms with Crippen LogP contribution in [0.5, 0.6) is 0 Å². The minimum absolute atomic E-state index is 0. The van der Waals surface area contributed by atoms with Crippen LogP contribution in [0.4, 0.5) is 18.9 Å². The number of ketones is 1. The van der Waals surface area contributed by atoms with Crippen LogP contribution in [0.3, 0.4) is 0 Å². The lowest BCUT2D eigenvalue weighted by molar-refractivity contribution is -0.647. The van der Waals surface area contributed by atoms with E-state index in [0.29, 0.717) is 31.9 Å². The number of halogens is 5. The molecule has 3 rings (SSSR count). The molecule has 0 saturated carbocycles. The van der Waals surface area contributed by atoms with Crippen molar-refractivity contribution in [1.29, 1.82) is 0 Å². The van der Waals surface area contributed by atoms with Crippen molar-refractivity contribution in [1.82, 2.24) is 5.01 Å². The van der Waals surface area contributed by atoms with E-state index >= 15 is 0 Å². The summed E-state index contributed by atoms with van der Waals surface area (Å²) in [4.78, 5) is 13.9. The molecule has 0 aliphatic carbocycles. The molecule has 29 heavy (non-hydrogen) atoms. The molecule has 0 spiro atoms.